The van der Waals surface area contributed by atoms with Crippen LogP contribution in [0.25, 0.3) is 11.5 Å². The number of nitrogens with zero attached hydrogens (tertiary/aromatic N) is 2. The third-order valence-corrected chi connectivity index (χ3v) is 3.88. The Morgan fingerprint density at radius 3 is 2.85 bits per heavy atom. The van der Waals surface area contributed by atoms with E-state index in [1.807, 2.05) is 31.5 Å². The van der Waals surface area contributed by atoms with E-state index in [1.165, 1.54) is 4.88 Å². The standard InChI is InChI=1S/C14H16N4OS/c1-9-3-4-12(19-9)14-11(7-17-18-14)6-15-8-13-16-5-10(2)20-13/h3-5,7,15H,6,8H2,1-2H3,(H,17,18). The van der Waals surface area contributed by atoms with Gasteiger partial charge in [-0.2, -0.15) is 5.10 Å². The summed E-state index contributed by atoms with van der Waals surface area (Å²) in [5, 5.41) is 11.6. The molecule has 0 unspecified atom stereocenters. The maximum atomic E-state index is 5.63. The van der Waals surface area contributed by atoms with E-state index in [1.54, 1.807) is 11.3 Å². The Kier molecular flexibility index (Phi) is 3.66. The number of aromatic amines is 1. The normalized spacial score (nSPS) is 11.1. The highest BCUT2D eigenvalue weighted by Crippen LogP contribution is 2.23. The molecule has 0 spiro atoms. The third kappa shape index (κ3) is 2.81. The van der Waals surface area contributed by atoms with Crippen molar-refractivity contribution in [2.24, 2.45) is 0 Å². The van der Waals surface area contributed by atoms with E-state index in [-0.39, 0.29) is 0 Å². The van der Waals surface area contributed by atoms with Crippen molar-refractivity contribution in [2.45, 2.75) is 26.9 Å². The molecule has 104 valence electrons. The molecule has 0 saturated heterocycles. The highest BCUT2D eigenvalue weighted by Gasteiger charge is 2.11. The highest BCUT2D eigenvalue weighted by molar-refractivity contribution is 7.11. The molecule has 0 radical (unpaired) electrons. The van der Waals surface area contributed by atoms with Crippen LogP contribution in [-0.4, -0.2) is 15.2 Å². The van der Waals surface area contributed by atoms with Crippen molar-refractivity contribution in [2.75, 3.05) is 0 Å². The van der Waals surface area contributed by atoms with Gasteiger partial charge in [0.15, 0.2) is 5.76 Å². The maximum Gasteiger partial charge on any atom is 0.152 e. The minimum Gasteiger partial charge on any atom is -0.460 e. The number of aromatic nitrogens is 3. The van der Waals surface area contributed by atoms with E-state index < -0.39 is 0 Å². The first-order valence-corrected chi connectivity index (χ1v) is 7.25. The minimum absolute atomic E-state index is 0.726. The summed E-state index contributed by atoms with van der Waals surface area (Å²) in [6.45, 7) is 5.49. The second kappa shape index (κ2) is 5.60. The summed E-state index contributed by atoms with van der Waals surface area (Å²) >= 11 is 1.71. The van der Waals surface area contributed by atoms with Gasteiger partial charge in [0.25, 0.3) is 0 Å². The van der Waals surface area contributed by atoms with Crippen molar-refractivity contribution in [1.82, 2.24) is 20.5 Å². The third-order valence-electron chi connectivity index (χ3n) is 2.97. The van der Waals surface area contributed by atoms with Crippen LogP contribution >= 0.6 is 11.3 Å². The molecule has 0 aliphatic heterocycles. The molecule has 3 aromatic heterocycles. The molecule has 3 heterocycles. The first kappa shape index (κ1) is 13.1. The van der Waals surface area contributed by atoms with E-state index in [9.17, 15) is 0 Å². The monoisotopic (exact) mass is 288 g/mol. The molecule has 20 heavy (non-hydrogen) atoms. The number of aryl methyl sites for hydroxylation is 2. The number of nitrogens with one attached hydrogen (secondary N) is 2. The van der Waals surface area contributed by atoms with E-state index in [2.05, 4.69) is 27.4 Å². The van der Waals surface area contributed by atoms with Crippen LogP contribution in [0.5, 0.6) is 0 Å². The van der Waals surface area contributed by atoms with Crippen molar-refractivity contribution in [3.63, 3.8) is 0 Å². The molecule has 0 saturated carbocycles. The number of furan rings is 1. The van der Waals surface area contributed by atoms with Gasteiger partial charge < -0.3 is 9.73 Å². The van der Waals surface area contributed by atoms with Crippen LogP contribution in [0, 0.1) is 13.8 Å². The minimum atomic E-state index is 0.726. The SMILES string of the molecule is Cc1ccc(-c2[nH]ncc2CNCc2ncc(C)s2)o1. The molecule has 5 nitrogen and oxygen atoms in total. The Morgan fingerprint density at radius 1 is 1.25 bits per heavy atom. The zero-order valence-corrected chi connectivity index (χ0v) is 12.3. The molecule has 0 aliphatic rings. The molecule has 0 fully saturated rings. The lowest BCUT2D eigenvalue weighted by atomic mass is 10.2. The van der Waals surface area contributed by atoms with E-state index in [0.717, 1.165) is 40.9 Å². The molecule has 0 aromatic carbocycles. The lowest BCUT2D eigenvalue weighted by Crippen LogP contribution is -2.12. The summed E-state index contributed by atoms with van der Waals surface area (Å²) in [4.78, 5) is 5.57. The fraction of sp³-hybridized carbons (Fsp3) is 0.286. The van der Waals surface area contributed by atoms with Crippen LogP contribution in [-0.2, 0) is 13.1 Å². The van der Waals surface area contributed by atoms with Crippen LogP contribution in [0.1, 0.15) is 21.2 Å². The van der Waals surface area contributed by atoms with Gasteiger partial charge in [0, 0.05) is 29.7 Å². The summed E-state index contributed by atoms with van der Waals surface area (Å²) in [6.07, 6.45) is 3.73. The average Bonchev–Trinajstić information content (AvgIpc) is 3.11. The van der Waals surface area contributed by atoms with Crippen molar-refractivity contribution in [1.29, 1.82) is 0 Å². The summed E-state index contributed by atoms with van der Waals surface area (Å²) in [6, 6.07) is 3.91. The van der Waals surface area contributed by atoms with Crippen LogP contribution < -0.4 is 5.32 Å². The van der Waals surface area contributed by atoms with Crippen LogP contribution in [0.15, 0.2) is 28.9 Å². The smallest absolute Gasteiger partial charge is 0.152 e. The van der Waals surface area contributed by atoms with Gasteiger partial charge in [-0.25, -0.2) is 4.98 Å². The van der Waals surface area contributed by atoms with Gasteiger partial charge in [0.05, 0.1) is 6.20 Å². The molecule has 6 heteroatoms. The van der Waals surface area contributed by atoms with Crippen molar-refractivity contribution in [3.8, 4) is 11.5 Å². The first-order chi connectivity index (χ1) is 9.72. The molecule has 2 N–H and O–H groups in total. The van der Waals surface area contributed by atoms with Gasteiger partial charge in [-0.15, -0.1) is 11.3 Å². The highest BCUT2D eigenvalue weighted by atomic mass is 32.1. The van der Waals surface area contributed by atoms with E-state index >= 15 is 0 Å². The van der Waals surface area contributed by atoms with Crippen molar-refractivity contribution >= 4 is 11.3 Å². The largest absolute Gasteiger partial charge is 0.460 e. The fourth-order valence-electron chi connectivity index (χ4n) is 2.01. The Bertz CT molecular complexity index is 697. The van der Waals surface area contributed by atoms with Gasteiger partial charge in [-0.1, -0.05) is 0 Å². The van der Waals surface area contributed by atoms with Crippen LogP contribution in [0.4, 0.5) is 0 Å². The Balaban J connectivity index is 1.65. The fourth-order valence-corrected chi connectivity index (χ4v) is 2.77. The summed E-state index contributed by atoms with van der Waals surface area (Å²) < 4.78 is 5.63. The molecule has 0 bridgehead atoms. The van der Waals surface area contributed by atoms with Gasteiger partial charge in [-0.3, -0.25) is 5.10 Å². The van der Waals surface area contributed by atoms with Gasteiger partial charge in [-0.05, 0) is 26.0 Å². The van der Waals surface area contributed by atoms with Gasteiger partial charge >= 0.3 is 0 Å². The molecule has 0 aliphatic carbocycles. The van der Waals surface area contributed by atoms with Gasteiger partial charge in [0.2, 0.25) is 0 Å². The molecular formula is C14H16N4OS. The quantitative estimate of drug-likeness (QED) is 0.757. The predicted octanol–water partition coefficient (Wildman–Crippen LogP) is 3.03. The van der Waals surface area contributed by atoms with E-state index in [4.69, 9.17) is 4.42 Å². The number of H-pyrrole nitrogens is 1. The van der Waals surface area contributed by atoms with Crippen LogP contribution in [0.3, 0.4) is 0 Å². The topological polar surface area (TPSA) is 66.7 Å². The Morgan fingerprint density at radius 2 is 2.15 bits per heavy atom. The number of rotatable bonds is 5. The van der Waals surface area contributed by atoms with E-state index in [0.29, 0.717) is 0 Å². The first-order valence-electron chi connectivity index (χ1n) is 6.43. The molecule has 3 aromatic rings. The number of hydrogen-bond acceptors (Lipinski definition) is 5. The van der Waals surface area contributed by atoms with Crippen molar-refractivity contribution in [3.05, 3.63) is 45.7 Å². The zero-order valence-electron chi connectivity index (χ0n) is 11.4. The van der Waals surface area contributed by atoms with Gasteiger partial charge in [0.1, 0.15) is 16.5 Å². The number of thiazole rings is 1. The molecular weight excluding hydrogens is 272 g/mol. The summed E-state index contributed by atoms with van der Waals surface area (Å²) in [7, 11) is 0. The predicted molar refractivity (Wildman–Crippen MR) is 78.4 cm³/mol. The second-order valence-electron chi connectivity index (χ2n) is 4.65. The van der Waals surface area contributed by atoms with Crippen LogP contribution in [0.2, 0.25) is 0 Å². The lowest BCUT2D eigenvalue weighted by molar-refractivity contribution is 0.545. The Hall–Kier alpha value is -1.92. The Labute approximate surface area is 121 Å². The maximum absolute atomic E-state index is 5.63. The molecule has 0 atom stereocenters. The van der Waals surface area contributed by atoms with Crippen molar-refractivity contribution < 1.29 is 4.42 Å². The lowest BCUT2D eigenvalue weighted by Gasteiger charge is -2.02. The molecule has 3 rings (SSSR count). The summed E-state index contributed by atoms with van der Waals surface area (Å²) in [5.74, 6) is 1.72. The zero-order chi connectivity index (χ0) is 13.9. The number of hydrogen-bond donors (Lipinski definition) is 2. The second-order valence-corrected chi connectivity index (χ2v) is 5.97. The summed E-state index contributed by atoms with van der Waals surface area (Å²) in [5.41, 5.74) is 2.02. The average molecular weight is 288 g/mol. The molecule has 0 amide bonds.